The van der Waals surface area contributed by atoms with Gasteiger partial charge in [0.05, 0.1) is 12.5 Å². The molecule has 3 aromatic rings. The van der Waals surface area contributed by atoms with Gasteiger partial charge in [-0.15, -0.1) is 0 Å². The van der Waals surface area contributed by atoms with Gasteiger partial charge in [-0.05, 0) is 38.5 Å². The average Bonchev–Trinajstić information content (AvgIpc) is 2.91. The number of halogens is 1. The van der Waals surface area contributed by atoms with Gasteiger partial charge in [0.1, 0.15) is 23.2 Å². The molecule has 0 spiro atoms. The second-order valence-corrected chi connectivity index (χ2v) is 6.82. The van der Waals surface area contributed by atoms with E-state index < -0.39 is 0 Å². The highest BCUT2D eigenvalue weighted by Gasteiger charge is 2.18. The van der Waals surface area contributed by atoms with E-state index in [-0.39, 0.29) is 0 Å². The van der Waals surface area contributed by atoms with Gasteiger partial charge in [-0.3, -0.25) is 0 Å². The summed E-state index contributed by atoms with van der Waals surface area (Å²) in [6.45, 7) is 10.6. The molecule has 1 aromatic carbocycles. The van der Waals surface area contributed by atoms with Crippen molar-refractivity contribution >= 4 is 39.1 Å². The van der Waals surface area contributed by atoms with Crippen molar-refractivity contribution in [2.75, 3.05) is 14.2 Å². The highest BCUT2D eigenvalue weighted by Crippen LogP contribution is 2.39. The Morgan fingerprint density at radius 3 is 2.50 bits per heavy atom. The predicted molar refractivity (Wildman–Crippen MR) is 107 cm³/mol. The van der Waals surface area contributed by atoms with Crippen LogP contribution >= 0.6 is 11.6 Å². The summed E-state index contributed by atoms with van der Waals surface area (Å²) in [5.41, 5.74) is 5.83. The molecule has 2 heterocycles. The lowest BCUT2D eigenvalue weighted by atomic mass is 9.94. The molecular weight excluding hydrogens is 350 g/mol. The third-order valence-corrected chi connectivity index (χ3v) is 4.52. The maximum atomic E-state index is 6.43. The normalized spacial score (nSPS) is 11.2. The van der Waals surface area contributed by atoms with Crippen molar-refractivity contribution in [1.82, 2.24) is 15.0 Å². The van der Waals surface area contributed by atoms with Gasteiger partial charge in [0.15, 0.2) is 5.82 Å². The van der Waals surface area contributed by atoms with Gasteiger partial charge in [-0.2, -0.15) is 0 Å². The van der Waals surface area contributed by atoms with Crippen LogP contribution in [-0.2, 0) is 11.3 Å². The quantitative estimate of drug-likeness (QED) is 0.489. The van der Waals surface area contributed by atoms with E-state index in [1.807, 2.05) is 13.0 Å². The largest absolute Gasteiger partial charge is 0.496 e. The van der Waals surface area contributed by atoms with Crippen LogP contribution in [0.3, 0.4) is 0 Å². The molecular formula is C20H22ClN3O2. The summed E-state index contributed by atoms with van der Waals surface area (Å²) in [6, 6.07) is 4.03. The number of aromatic amines is 1. The summed E-state index contributed by atoms with van der Waals surface area (Å²) in [4.78, 5) is 12.2. The molecule has 0 saturated heterocycles. The summed E-state index contributed by atoms with van der Waals surface area (Å²) < 4.78 is 10.8. The molecule has 2 aromatic heterocycles. The zero-order chi connectivity index (χ0) is 19.0. The standard InChI is InChI=1S/C20H22ClN3O2/c1-10(2)17(11(3)4)13-7-14-12(8-15(13)26-6)18-19(21)23-16(9-25-5)24-20(18)22-14/h7-8H,1,9H2,2-6H3,(H,22,23,24). The molecule has 0 unspecified atom stereocenters. The van der Waals surface area contributed by atoms with E-state index in [4.69, 9.17) is 21.1 Å². The second kappa shape index (κ2) is 7.09. The molecule has 136 valence electrons. The lowest BCUT2D eigenvalue weighted by Gasteiger charge is -2.15. The molecule has 3 rings (SSSR count). The monoisotopic (exact) mass is 371 g/mol. The molecule has 0 radical (unpaired) electrons. The number of rotatable bonds is 5. The third-order valence-electron chi connectivity index (χ3n) is 4.24. The third kappa shape index (κ3) is 3.08. The van der Waals surface area contributed by atoms with E-state index in [9.17, 15) is 0 Å². The average molecular weight is 372 g/mol. The van der Waals surface area contributed by atoms with Crippen LogP contribution in [-0.4, -0.2) is 29.2 Å². The molecule has 5 nitrogen and oxygen atoms in total. The number of nitrogens with zero attached hydrogens (tertiary/aromatic N) is 2. The second-order valence-electron chi connectivity index (χ2n) is 6.47. The Labute approximate surface area is 157 Å². The first-order chi connectivity index (χ1) is 12.4. The van der Waals surface area contributed by atoms with Crippen molar-refractivity contribution in [3.05, 3.63) is 46.4 Å². The van der Waals surface area contributed by atoms with Gasteiger partial charge >= 0.3 is 0 Å². The van der Waals surface area contributed by atoms with Crippen molar-refractivity contribution in [3.63, 3.8) is 0 Å². The summed E-state index contributed by atoms with van der Waals surface area (Å²) in [5, 5.41) is 2.09. The van der Waals surface area contributed by atoms with Crippen LogP contribution in [0.2, 0.25) is 5.15 Å². The highest BCUT2D eigenvalue weighted by atomic mass is 35.5. The minimum atomic E-state index is 0.303. The number of nitrogens with one attached hydrogen (secondary N) is 1. The number of fused-ring (bicyclic) bond motifs is 3. The maximum Gasteiger partial charge on any atom is 0.158 e. The van der Waals surface area contributed by atoms with Crippen LogP contribution in [0, 0.1) is 0 Å². The molecule has 1 N–H and O–H groups in total. The van der Waals surface area contributed by atoms with E-state index in [0.717, 1.165) is 38.7 Å². The molecule has 6 heteroatoms. The summed E-state index contributed by atoms with van der Waals surface area (Å²) in [7, 11) is 3.26. The van der Waals surface area contributed by atoms with Crippen molar-refractivity contribution in [1.29, 1.82) is 0 Å². The zero-order valence-corrected chi connectivity index (χ0v) is 16.4. The lowest BCUT2D eigenvalue weighted by Crippen LogP contribution is -1.97. The number of H-pyrrole nitrogens is 1. The number of methoxy groups -OCH3 is 2. The van der Waals surface area contributed by atoms with Crippen LogP contribution in [0.1, 0.15) is 32.2 Å². The van der Waals surface area contributed by atoms with Gasteiger partial charge in [0.25, 0.3) is 0 Å². The van der Waals surface area contributed by atoms with E-state index in [0.29, 0.717) is 23.2 Å². The molecule has 0 fully saturated rings. The SMILES string of the molecule is C=C(C)C(=C(C)C)c1cc2[nH]c3nc(COC)nc(Cl)c3c2cc1OC. The first-order valence-corrected chi connectivity index (χ1v) is 8.63. The van der Waals surface area contributed by atoms with Gasteiger partial charge in [-0.1, -0.05) is 29.3 Å². The lowest BCUT2D eigenvalue weighted by molar-refractivity contribution is 0.178. The van der Waals surface area contributed by atoms with Crippen LogP contribution < -0.4 is 4.74 Å². The number of ether oxygens (including phenoxy) is 2. The molecule has 0 aliphatic rings. The smallest absolute Gasteiger partial charge is 0.158 e. The molecule has 0 aliphatic heterocycles. The van der Waals surface area contributed by atoms with Gasteiger partial charge in [-0.25, -0.2) is 9.97 Å². The predicted octanol–water partition coefficient (Wildman–Crippen LogP) is 5.29. The first kappa shape index (κ1) is 18.4. The van der Waals surface area contributed by atoms with Crippen LogP contribution in [0.25, 0.3) is 27.5 Å². The number of benzene rings is 1. The van der Waals surface area contributed by atoms with Gasteiger partial charge < -0.3 is 14.5 Å². The minimum Gasteiger partial charge on any atom is -0.496 e. The number of allylic oxidation sites excluding steroid dienone is 3. The fourth-order valence-electron chi connectivity index (χ4n) is 3.31. The summed E-state index contributed by atoms with van der Waals surface area (Å²) in [6.07, 6.45) is 0. The molecule has 0 saturated carbocycles. The van der Waals surface area contributed by atoms with Crippen LogP contribution in [0.15, 0.2) is 29.9 Å². The molecule has 0 amide bonds. The number of hydrogen-bond acceptors (Lipinski definition) is 4. The Balaban J connectivity index is 2.35. The zero-order valence-electron chi connectivity index (χ0n) is 15.7. The fraction of sp³-hybridized carbons (Fsp3) is 0.300. The van der Waals surface area contributed by atoms with Crippen molar-refractivity contribution in [3.8, 4) is 5.75 Å². The molecule has 26 heavy (non-hydrogen) atoms. The maximum absolute atomic E-state index is 6.43. The van der Waals surface area contributed by atoms with E-state index >= 15 is 0 Å². The Hall–Kier alpha value is -2.37. The molecule has 0 aliphatic carbocycles. The summed E-state index contributed by atoms with van der Waals surface area (Å²) in [5.74, 6) is 1.30. The Kier molecular flexibility index (Phi) is 5.03. The van der Waals surface area contributed by atoms with Crippen molar-refractivity contribution in [2.24, 2.45) is 0 Å². The van der Waals surface area contributed by atoms with Gasteiger partial charge in [0.2, 0.25) is 0 Å². The van der Waals surface area contributed by atoms with Crippen molar-refractivity contribution < 1.29 is 9.47 Å². The van der Waals surface area contributed by atoms with E-state index in [1.54, 1.807) is 14.2 Å². The number of aromatic nitrogens is 3. The Morgan fingerprint density at radius 2 is 1.92 bits per heavy atom. The number of hydrogen-bond donors (Lipinski definition) is 1. The van der Waals surface area contributed by atoms with Crippen molar-refractivity contribution in [2.45, 2.75) is 27.4 Å². The summed E-state index contributed by atoms with van der Waals surface area (Å²) >= 11 is 6.43. The fourth-order valence-corrected chi connectivity index (χ4v) is 3.60. The van der Waals surface area contributed by atoms with Crippen LogP contribution in [0.4, 0.5) is 0 Å². The molecule has 0 bridgehead atoms. The van der Waals surface area contributed by atoms with E-state index in [1.165, 1.54) is 5.57 Å². The highest BCUT2D eigenvalue weighted by molar-refractivity contribution is 6.36. The Morgan fingerprint density at radius 1 is 1.19 bits per heavy atom. The van der Waals surface area contributed by atoms with Gasteiger partial charge in [0, 0.05) is 23.6 Å². The minimum absolute atomic E-state index is 0.303. The van der Waals surface area contributed by atoms with Crippen LogP contribution in [0.5, 0.6) is 5.75 Å². The topological polar surface area (TPSA) is 60.0 Å². The Bertz CT molecular complexity index is 1050. The first-order valence-electron chi connectivity index (χ1n) is 8.25. The van der Waals surface area contributed by atoms with E-state index in [2.05, 4.69) is 41.4 Å². The molecule has 0 atom stereocenters.